The molecule has 112 valence electrons. The fraction of sp³-hybridized carbons (Fsp3) is 0.583. The van der Waals surface area contributed by atoms with E-state index in [1.54, 1.807) is 13.2 Å². The number of hydrogen-bond donors (Lipinski definition) is 2. The van der Waals surface area contributed by atoms with Crippen molar-refractivity contribution in [3.63, 3.8) is 0 Å². The highest BCUT2D eigenvalue weighted by Crippen LogP contribution is 2.23. The van der Waals surface area contributed by atoms with Gasteiger partial charge in [0.05, 0.1) is 18.6 Å². The van der Waals surface area contributed by atoms with Gasteiger partial charge in [-0.15, -0.1) is 11.3 Å². The molecule has 0 aliphatic heterocycles. The predicted octanol–water partition coefficient (Wildman–Crippen LogP) is 0.622. The molecule has 1 aromatic heterocycles. The molecule has 1 heterocycles. The summed E-state index contributed by atoms with van der Waals surface area (Å²) in [6.07, 6.45) is 3.14. The molecule has 1 fully saturated rings. The number of thiophene rings is 1. The van der Waals surface area contributed by atoms with Gasteiger partial charge < -0.3 is 10.1 Å². The number of sulfonamides is 1. The van der Waals surface area contributed by atoms with Crippen molar-refractivity contribution in [1.29, 1.82) is 0 Å². The highest BCUT2D eigenvalue weighted by atomic mass is 32.2. The summed E-state index contributed by atoms with van der Waals surface area (Å²) >= 11 is 1.03. The van der Waals surface area contributed by atoms with Crippen LogP contribution in [0.25, 0.3) is 0 Å². The largest absolute Gasteiger partial charge is 0.379 e. The highest BCUT2D eigenvalue weighted by Gasteiger charge is 2.28. The molecule has 3 N–H and O–H groups in total. The summed E-state index contributed by atoms with van der Waals surface area (Å²) in [5, 5.41) is 7.97. The smallest absolute Gasteiger partial charge is 0.247 e. The van der Waals surface area contributed by atoms with Crippen LogP contribution < -0.4 is 10.5 Å². The molecule has 1 amide bonds. The third-order valence-corrected chi connectivity index (χ3v) is 5.88. The second kappa shape index (κ2) is 6.21. The molecule has 0 bridgehead atoms. The molecule has 6 nitrogen and oxygen atoms in total. The van der Waals surface area contributed by atoms with Crippen LogP contribution in [0.2, 0.25) is 0 Å². The predicted molar refractivity (Wildman–Crippen MR) is 76.0 cm³/mol. The number of methoxy groups -OCH3 is 1. The molecule has 1 saturated carbocycles. The molecule has 1 aliphatic carbocycles. The Balaban J connectivity index is 1.93. The van der Waals surface area contributed by atoms with Gasteiger partial charge in [0, 0.05) is 12.0 Å². The van der Waals surface area contributed by atoms with E-state index in [4.69, 9.17) is 9.88 Å². The fourth-order valence-corrected chi connectivity index (χ4v) is 4.17. The van der Waals surface area contributed by atoms with Crippen LogP contribution in [0.4, 0.5) is 0 Å². The van der Waals surface area contributed by atoms with Gasteiger partial charge in [0.1, 0.15) is 4.21 Å². The van der Waals surface area contributed by atoms with E-state index in [-0.39, 0.29) is 28.7 Å². The molecule has 20 heavy (non-hydrogen) atoms. The fourth-order valence-electron chi connectivity index (χ4n) is 2.40. The van der Waals surface area contributed by atoms with E-state index in [0.29, 0.717) is 4.88 Å². The van der Waals surface area contributed by atoms with Gasteiger partial charge in [-0.1, -0.05) is 0 Å². The number of primary sulfonamides is 1. The van der Waals surface area contributed by atoms with Gasteiger partial charge in [-0.3, -0.25) is 4.79 Å². The van der Waals surface area contributed by atoms with Crippen LogP contribution in [0.5, 0.6) is 0 Å². The summed E-state index contributed by atoms with van der Waals surface area (Å²) in [6, 6.07) is 3.09. The SMILES string of the molecule is COC1CCCC1NC(=O)Cc1ccc(S(N)(=O)=O)s1. The van der Waals surface area contributed by atoms with Crippen molar-refractivity contribution in [2.75, 3.05) is 7.11 Å². The van der Waals surface area contributed by atoms with E-state index in [1.807, 2.05) is 0 Å². The van der Waals surface area contributed by atoms with Crippen molar-refractivity contribution in [3.8, 4) is 0 Å². The lowest BCUT2D eigenvalue weighted by Crippen LogP contribution is -2.41. The number of amides is 1. The second-order valence-corrected chi connectivity index (χ2v) is 7.78. The molecule has 8 heteroatoms. The number of ether oxygens (including phenoxy) is 1. The molecule has 0 aromatic carbocycles. The summed E-state index contributed by atoms with van der Waals surface area (Å²) in [6.45, 7) is 0. The number of hydrogen-bond acceptors (Lipinski definition) is 5. The standard InChI is InChI=1S/C12H18N2O4S2/c1-18-10-4-2-3-9(10)14-11(15)7-8-5-6-12(19-8)20(13,16)17/h5-6,9-10H,2-4,7H2,1H3,(H,14,15)(H2,13,16,17). The van der Waals surface area contributed by atoms with Gasteiger partial charge in [0.2, 0.25) is 15.9 Å². The Morgan fingerprint density at radius 3 is 2.85 bits per heavy atom. The van der Waals surface area contributed by atoms with E-state index in [9.17, 15) is 13.2 Å². The molecule has 2 atom stereocenters. The minimum absolute atomic E-state index is 0.0465. The van der Waals surface area contributed by atoms with Gasteiger partial charge in [-0.25, -0.2) is 13.6 Å². The number of nitrogens with two attached hydrogens (primary N) is 1. The summed E-state index contributed by atoms with van der Waals surface area (Å²) < 4.78 is 27.7. The Kier molecular flexibility index (Phi) is 4.79. The number of carbonyl (C=O) groups is 1. The Labute approximate surface area is 122 Å². The lowest BCUT2D eigenvalue weighted by atomic mass is 10.2. The topological polar surface area (TPSA) is 98.5 Å². The third kappa shape index (κ3) is 3.78. The second-order valence-electron chi connectivity index (χ2n) is 4.82. The first kappa shape index (κ1) is 15.4. The quantitative estimate of drug-likeness (QED) is 0.831. The van der Waals surface area contributed by atoms with E-state index in [0.717, 1.165) is 30.6 Å². The van der Waals surface area contributed by atoms with E-state index < -0.39 is 10.0 Å². The van der Waals surface area contributed by atoms with Crippen molar-refractivity contribution in [2.45, 2.75) is 42.0 Å². The van der Waals surface area contributed by atoms with Gasteiger partial charge in [0.25, 0.3) is 0 Å². The Morgan fingerprint density at radius 1 is 1.50 bits per heavy atom. The highest BCUT2D eigenvalue weighted by molar-refractivity contribution is 7.91. The van der Waals surface area contributed by atoms with Crippen LogP contribution in [0, 0.1) is 0 Å². The first-order chi connectivity index (χ1) is 9.40. The van der Waals surface area contributed by atoms with Crippen LogP contribution in [-0.4, -0.2) is 33.6 Å². The minimum Gasteiger partial charge on any atom is -0.379 e. The van der Waals surface area contributed by atoms with E-state index in [1.165, 1.54) is 6.07 Å². The van der Waals surface area contributed by atoms with Crippen molar-refractivity contribution in [3.05, 3.63) is 17.0 Å². The lowest BCUT2D eigenvalue weighted by molar-refractivity contribution is -0.121. The van der Waals surface area contributed by atoms with E-state index >= 15 is 0 Å². The van der Waals surface area contributed by atoms with Gasteiger partial charge in [-0.05, 0) is 31.4 Å². The lowest BCUT2D eigenvalue weighted by Gasteiger charge is -2.19. The van der Waals surface area contributed by atoms with Crippen LogP contribution >= 0.6 is 11.3 Å². The van der Waals surface area contributed by atoms with Gasteiger partial charge in [-0.2, -0.15) is 0 Å². The van der Waals surface area contributed by atoms with Crippen molar-refractivity contribution >= 4 is 27.3 Å². The minimum atomic E-state index is -3.69. The molecule has 0 saturated heterocycles. The maximum atomic E-state index is 11.9. The molecule has 2 rings (SSSR count). The zero-order chi connectivity index (χ0) is 14.8. The van der Waals surface area contributed by atoms with Gasteiger partial charge in [0.15, 0.2) is 0 Å². The molecule has 0 radical (unpaired) electrons. The first-order valence-corrected chi connectivity index (χ1v) is 8.70. The summed E-state index contributed by atoms with van der Waals surface area (Å²) in [7, 11) is -2.04. The molecule has 2 unspecified atom stereocenters. The van der Waals surface area contributed by atoms with Crippen molar-refractivity contribution in [1.82, 2.24) is 5.32 Å². The van der Waals surface area contributed by atoms with Crippen LogP contribution in [0.3, 0.4) is 0 Å². The normalized spacial score (nSPS) is 22.9. The monoisotopic (exact) mass is 318 g/mol. The third-order valence-electron chi connectivity index (χ3n) is 3.35. The van der Waals surface area contributed by atoms with Crippen LogP contribution in [-0.2, 0) is 26.0 Å². The van der Waals surface area contributed by atoms with Crippen LogP contribution in [0.15, 0.2) is 16.3 Å². The van der Waals surface area contributed by atoms with Crippen molar-refractivity contribution < 1.29 is 17.9 Å². The van der Waals surface area contributed by atoms with Crippen LogP contribution in [0.1, 0.15) is 24.1 Å². The first-order valence-electron chi connectivity index (χ1n) is 6.34. The summed E-state index contributed by atoms with van der Waals surface area (Å²) in [4.78, 5) is 12.6. The molecule has 0 spiro atoms. The Morgan fingerprint density at radius 2 is 2.25 bits per heavy atom. The molecular formula is C12H18N2O4S2. The van der Waals surface area contributed by atoms with E-state index in [2.05, 4.69) is 5.32 Å². The maximum absolute atomic E-state index is 11.9. The molecule has 1 aliphatic rings. The average Bonchev–Trinajstić information content (AvgIpc) is 2.97. The Hall–Kier alpha value is -0.960. The number of carbonyl (C=O) groups excluding carboxylic acids is 1. The maximum Gasteiger partial charge on any atom is 0.247 e. The molecule has 1 aromatic rings. The molecular weight excluding hydrogens is 300 g/mol. The number of nitrogens with one attached hydrogen (secondary N) is 1. The number of rotatable bonds is 5. The Bertz CT molecular complexity index is 582. The summed E-state index contributed by atoms with van der Waals surface area (Å²) in [5.41, 5.74) is 0. The zero-order valence-corrected chi connectivity index (χ0v) is 12.8. The van der Waals surface area contributed by atoms with Crippen molar-refractivity contribution in [2.24, 2.45) is 5.14 Å². The van der Waals surface area contributed by atoms with Gasteiger partial charge >= 0.3 is 0 Å². The zero-order valence-electron chi connectivity index (χ0n) is 11.2. The average molecular weight is 318 g/mol. The summed E-state index contributed by atoms with van der Waals surface area (Å²) in [5.74, 6) is -0.123.